The summed E-state index contributed by atoms with van der Waals surface area (Å²) < 4.78 is 0. The van der Waals surface area contributed by atoms with Crippen LogP contribution in [-0.4, -0.2) is 33.5 Å². The van der Waals surface area contributed by atoms with Gasteiger partial charge in [-0.2, -0.15) is 0 Å². The summed E-state index contributed by atoms with van der Waals surface area (Å²) in [4.78, 5) is 38.3. The normalized spacial score (nSPS) is 20.3. The largest absolute Gasteiger partial charge is 1.00 e. The van der Waals surface area contributed by atoms with Crippen LogP contribution in [0.5, 0.6) is 0 Å². The van der Waals surface area contributed by atoms with Gasteiger partial charge >= 0.3 is 30.9 Å². The zero-order valence-corrected chi connectivity index (χ0v) is 14.7. The van der Waals surface area contributed by atoms with Gasteiger partial charge in [0.1, 0.15) is 0 Å². The zero-order valence-electron chi connectivity index (χ0n) is 15.7. The van der Waals surface area contributed by atoms with Gasteiger partial charge in [-0.15, -0.1) is 0 Å². The first-order valence-electron chi connectivity index (χ1n) is 7.94. The molecule has 3 amide bonds. The van der Waals surface area contributed by atoms with Gasteiger partial charge in [0.25, 0.3) is 5.91 Å². The predicted octanol–water partition coefficient (Wildman–Crippen LogP) is -0.518. The van der Waals surface area contributed by atoms with Crippen LogP contribution in [0, 0.1) is 0 Å². The second kappa shape index (κ2) is 7.77. The van der Waals surface area contributed by atoms with Crippen LogP contribution in [0.4, 0.5) is 4.79 Å². The number of nitrogens with one attached hydrogen (secondary N) is 1. The summed E-state index contributed by atoms with van der Waals surface area (Å²) in [6.45, 7) is 1.70. The summed E-state index contributed by atoms with van der Waals surface area (Å²) in [5.74, 6) is -2.11. The van der Waals surface area contributed by atoms with Gasteiger partial charge in [-0.1, -0.05) is 60.7 Å². The number of hydrogen-bond acceptors (Lipinski definition) is 3. The van der Waals surface area contributed by atoms with Crippen molar-refractivity contribution in [3.63, 3.8) is 0 Å². The molecule has 1 heterocycles. The molecule has 1 unspecified atom stereocenters. The van der Waals surface area contributed by atoms with E-state index in [1.165, 1.54) is 0 Å². The molecule has 1 saturated heterocycles. The van der Waals surface area contributed by atoms with E-state index in [2.05, 4.69) is 5.32 Å². The molecule has 1 fully saturated rings. The quantitative estimate of drug-likeness (QED) is 0.433. The van der Waals surface area contributed by atoms with E-state index in [1.54, 1.807) is 61.5 Å². The molecular weight excluding hydrogens is 327 g/mol. The molecule has 2 aromatic rings. The third-order valence-corrected chi connectivity index (χ3v) is 4.47. The molecular formula is C19H19LiN2O4. The Morgan fingerprint density at radius 1 is 1.12 bits per heavy atom. The van der Waals surface area contributed by atoms with E-state index in [4.69, 9.17) is 0 Å². The van der Waals surface area contributed by atoms with Crippen molar-refractivity contribution in [1.82, 2.24) is 10.2 Å². The predicted molar refractivity (Wildman–Crippen MR) is 91.9 cm³/mol. The van der Waals surface area contributed by atoms with E-state index in [0.717, 1.165) is 10.5 Å². The number of carbonyl (C=O) groups is 3. The standard InChI is InChI=1S/C19H18N2O4.Li.H/c1-13(15-10-6-3-7-11-15)21-16(22)19(17(23)24,20-18(21)25)12-14-8-4-2-5-9-14;;/h2-11,13H,12H2,1H3,(H,20,25)(H,23,24);;/q;+1;-1/t13-,19?;;/m1../s1. The Balaban J connectivity index is 0.00000182. The van der Waals surface area contributed by atoms with E-state index in [0.29, 0.717) is 5.56 Å². The number of urea groups is 1. The van der Waals surface area contributed by atoms with Gasteiger partial charge in [0.15, 0.2) is 0 Å². The van der Waals surface area contributed by atoms with Crippen molar-refractivity contribution < 1.29 is 39.8 Å². The molecule has 1 aliphatic rings. The number of hydrogen-bond donors (Lipinski definition) is 2. The van der Waals surface area contributed by atoms with Gasteiger partial charge in [0.05, 0.1) is 6.04 Å². The van der Waals surface area contributed by atoms with Crippen LogP contribution >= 0.6 is 0 Å². The van der Waals surface area contributed by atoms with Gasteiger partial charge in [-0.25, -0.2) is 9.59 Å². The molecule has 3 rings (SSSR count). The molecule has 0 aromatic heterocycles. The molecule has 2 atom stereocenters. The molecule has 6 nitrogen and oxygen atoms in total. The first-order chi connectivity index (χ1) is 12.0. The summed E-state index contributed by atoms with van der Waals surface area (Å²) in [5.41, 5.74) is -0.568. The number of carboxylic acid groups (broad SMARTS) is 1. The third-order valence-electron chi connectivity index (χ3n) is 4.47. The number of amides is 3. The molecule has 2 aromatic carbocycles. The molecule has 7 heteroatoms. The van der Waals surface area contributed by atoms with E-state index in [-0.39, 0.29) is 26.7 Å². The van der Waals surface area contributed by atoms with Gasteiger partial charge in [-0.3, -0.25) is 9.69 Å². The minimum atomic E-state index is -1.98. The van der Waals surface area contributed by atoms with Crippen molar-refractivity contribution in [1.29, 1.82) is 0 Å². The van der Waals surface area contributed by atoms with Crippen LogP contribution in [-0.2, 0) is 16.0 Å². The van der Waals surface area contributed by atoms with Crippen molar-refractivity contribution in [3.05, 3.63) is 71.8 Å². The first-order valence-corrected chi connectivity index (χ1v) is 7.94. The van der Waals surface area contributed by atoms with Gasteiger partial charge in [0, 0.05) is 6.42 Å². The molecule has 26 heavy (non-hydrogen) atoms. The molecule has 0 spiro atoms. The van der Waals surface area contributed by atoms with E-state index < -0.39 is 29.5 Å². The van der Waals surface area contributed by atoms with E-state index in [9.17, 15) is 19.5 Å². The second-order valence-corrected chi connectivity index (χ2v) is 6.06. The molecule has 0 bridgehead atoms. The monoisotopic (exact) mass is 346 g/mol. The average Bonchev–Trinajstić information content (AvgIpc) is 2.87. The summed E-state index contributed by atoms with van der Waals surface area (Å²) in [6.07, 6.45) is -0.105. The van der Waals surface area contributed by atoms with Crippen molar-refractivity contribution in [3.8, 4) is 0 Å². The Kier molecular flexibility index (Phi) is 5.91. The van der Waals surface area contributed by atoms with Crippen LogP contribution in [0.1, 0.15) is 25.5 Å². The van der Waals surface area contributed by atoms with Gasteiger partial charge < -0.3 is 11.8 Å². The Hall–Kier alpha value is -2.55. The maximum absolute atomic E-state index is 13.0. The molecule has 0 radical (unpaired) electrons. The fourth-order valence-electron chi connectivity index (χ4n) is 3.07. The van der Waals surface area contributed by atoms with Crippen LogP contribution in [0.25, 0.3) is 0 Å². The SMILES string of the molecule is C[C@H](c1ccccc1)N1C(=O)NC(Cc2ccccc2)(C(=O)O)C1=O.[H-].[Li+]. The number of nitrogens with zero attached hydrogens (tertiary/aromatic N) is 1. The fourth-order valence-corrected chi connectivity index (χ4v) is 3.07. The Morgan fingerprint density at radius 3 is 2.19 bits per heavy atom. The van der Waals surface area contributed by atoms with Crippen LogP contribution in [0.2, 0.25) is 0 Å². The number of carboxylic acids is 1. The zero-order chi connectivity index (χ0) is 18.0. The third kappa shape index (κ3) is 3.39. The minimum absolute atomic E-state index is 0. The maximum Gasteiger partial charge on any atom is 1.00 e. The summed E-state index contributed by atoms with van der Waals surface area (Å²) in [5, 5.41) is 12.1. The van der Waals surface area contributed by atoms with Crippen molar-refractivity contribution >= 4 is 17.9 Å². The summed E-state index contributed by atoms with van der Waals surface area (Å²) in [7, 11) is 0. The average molecular weight is 346 g/mol. The Bertz CT molecular complexity index is 819. The molecule has 0 aliphatic carbocycles. The number of aliphatic carboxylic acids is 1. The van der Waals surface area contributed by atoms with E-state index >= 15 is 0 Å². The van der Waals surface area contributed by atoms with Gasteiger partial charge in [0.2, 0.25) is 5.54 Å². The number of benzene rings is 2. The second-order valence-electron chi connectivity index (χ2n) is 6.06. The van der Waals surface area contributed by atoms with Crippen LogP contribution < -0.4 is 24.2 Å². The summed E-state index contributed by atoms with van der Waals surface area (Å²) in [6, 6.07) is 16.6. The first kappa shape index (κ1) is 19.8. The van der Waals surface area contributed by atoms with Crippen LogP contribution in [0.15, 0.2) is 60.7 Å². The summed E-state index contributed by atoms with van der Waals surface area (Å²) >= 11 is 0. The van der Waals surface area contributed by atoms with Crippen molar-refractivity contribution in [2.24, 2.45) is 0 Å². The number of rotatable bonds is 5. The van der Waals surface area contributed by atoms with Crippen molar-refractivity contribution in [2.45, 2.75) is 24.9 Å². The molecule has 1 aliphatic heterocycles. The topological polar surface area (TPSA) is 86.7 Å². The Morgan fingerprint density at radius 2 is 1.65 bits per heavy atom. The Labute approximate surface area is 164 Å². The maximum atomic E-state index is 13.0. The van der Waals surface area contributed by atoms with Crippen LogP contribution in [0.3, 0.4) is 0 Å². The number of carbonyl (C=O) groups excluding carboxylic acids is 2. The van der Waals surface area contributed by atoms with Gasteiger partial charge in [-0.05, 0) is 18.1 Å². The minimum Gasteiger partial charge on any atom is -1.00 e. The van der Waals surface area contributed by atoms with Crippen molar-refractivity contribution in [2.75, 3.05) is 0 Å². The number of imide groups is 1. The fraction of sp³-hybridized carbons (Fsp3) is 0.211. The molecule has 2 N–H and O–H groups in total. The molecule has 0 saturated carbocycles. The smallest absolute Gasteiger partial charge is 1.00 e. The van der Waals surface area contributed by atoms with E-state index in [1.807, 2.05) is 6.07 Å². The molecule has 130 valence electrons.